The number of anilines is 2. The molecule has 0 radical (unpaired) electrons. The van der Waals surface area contributed by atoms with E-state index < -0.39 is 0 Å². The van der Waals surface area contributed by atoms with Crippen LogP contribution < -0.4 is 9.80 Å². The summed E-state index contributed by atoms with van der Waals surface area (Å²) in [7, 11) is 0. The van der Waals surface area contributed by atoms with Gasteiger partial charge in [0.15, 0.2) is 6.73 Å². The van der Waals surface area contributed by atoms with E-state index in [1.54, 1.807) is 6.07 Å². The number of nitrogens with zero attached hydrogens (tertiary/aromatic N) is 2. The van der Waals surface area contributed by atoms with Gasteiger partial charge >= 0.3 is 0 Å². The summed E-state index contributed by atoms with van der Waals surface area (Å²) in [5.41, 5.74) is 7.21. The van der Waals surface area contributed by atoms with Crippen molar-refractivity contribution in [3.63, 3.8) is 0 Å². The molecule has 1 heterocycles. The van der Waals surface area contributed by atoms with E-state index in [4.69, 9.17) is 4.74 Å². The normalized spacial score (nSPS) is 15.1. The highest BCUT2D eigenvalue weighted by molar-refractivity contribution is 5.52. The second kappa shape index (κ2) is 10.1. The molecular formula is C30H32N2O2. The average molecular weight is 453 g/mol. The SMILES string of the molecule is CCN(Cc1ccccc1O)c1ccc(Cc2ccc(N3COC4=C(C=CCC4)C3)cc2)cc1. The van der Waals surface area contributed by atoms with Crippen molar-refractivity contribution >= 4 is 11.4 Å². The molecule has 0 saturated heterocycles. The topological polar surface area (TPSA) is 35.9 Å². The highest BCUT2D eigenvalue weighted by Gasteiger charge is 2.20. The molecule has 34 heavy (non-hydrogen) atoms. The molecular weight excluding hydrogens is 420 g/mol. The van der Waals surface area contributed by atoms with Gasteiger partial charge in [-0.1, -0.05) is 54.6 Å². The van der Waals surface area contributed by atoms with E-state index in [1.807, 2.05) is 18.2 Å². The van der Waals surface area contributed by atoms with Crippen molar-refractivity contribution in [1.29, 1.82) is 0 Å². The van der Waals surface area contributed by atoms with E-state index in [9.17, 15) is 5.11 Å². The van der Waals surface area contributed by atoms with Crippen molar-refractivity contribution in [2.75, 3.05) is 29.6 Å². The van der Waals surface area contributed by atoms with Crippen LogP contribution in [-0.2, 0) is 17.7 Å². The van der Waals surface area contributed by atoms with Crippen molar-refractivity contribution < 1.29 is 9.84 Å². The van der Waals surface area contributed by atoms with Crippen molar-refractivity contribution in [1.82, 2.24) is 0 Å². The smallest absolute Gasteiger partial charge is 0.161 e. The Morgan fingerprint density at radius 2 is 1.68 bits per heavy atom. The first kappa shape index (κ1) is 22.1. The zero-order valence-corrected chi connectivity index (χ0v) is 19.8. The van der Waals surface area contributed by atoms with Crippen LogP contribution in [0.3, 0.4) is 0 Å². The summed E-state index contributed by atoms with van der Waals surface area (Å²) in [6, 6.07) is 25.2. The van der Waals surface area contributed by atoms with Crippen molar-refractivity contribution in [3.8, 4) is 5.75 Å². The molecule has 4 heteroatoms. The van der Waals surface area contributed by atoms with Crippen LogP contribution in [0.1, 0.15) is 36.5 Å². The van der Waals surface area contributed by atoms with E-state index in [2.05, 4.69) is 77.4 Å². The number of para-hydroxylation sites is 1. The van der Waals surface area contributed by atoms with Gasteiger partial charge in [-0.15, -0.1) is 0 Å². The Labute approximate surface area is 202 Å². The summed E-state index contributed by atoms with van der Waals surface area (Å²) in [6.07, 6.45) is 7.47. The maximum absolute atomic E-state index is 10.1. The van der Waals surface area contributed by atoms with Gasteiger partial charge in [0.25, 0.3) is 0 Å². The lowest BCUT2D eigenvalue weighted by Gasteiger charge is -2.33. The third kappa shape index (κ3) is 4.96. The molecule has 1 aliphatic heterocycles. The molecule has 0 unspecified atom stereocenters. The first-order chi connectivity index (χ1) is 16.7. The predicted octanol–water partition coefficient (Wildman–Crippen LogP) is 6.41. The Morgan fingerprint density at radius 3 is 2.41 bits per heavy atom. The molecule has 3 aromatic rings. The summed E-state index contributed by atoms with van der Waals surface area (Å²) in [5, 5.41) is 10.1. The minimum absolute atomic E-state index is 0.351. The highest BCUT2D eigenvalue weighted by Crippen LogP contribution is 2.29. The van der Waals surface area contributed by atoms with Gasteiger partial charge in [0.05, 0.1) is 0 Å². The lowest BCUT2D eigenvalue weighted by Crippen LogP contribution is -2.33. The third-order valence-corrected chi connectivity index (χ3v) is 6.72. The van der Waals surface area contributed by atoms with Crippen LogP contribution in [0.15, 0.2) is 96.3 Å². The molecule has 0 aromatic heterocycles. The predicted molar refractivity (Wildman–Crippen MR) is 139 cm³/mol. The quantitative estimate of drug-likeness (QED) is 0.449. The highest BCUT2D eigenvalue weighted by atomic mass is 16.5. The first-order valence-corrected chi connectivity index (χ1v) is 12.2. The van der Waals surface area contributed by atoms with Gasteiger partial charge in [-0.25, -0.2) is 0 Å². The Morgan fingerprint density at radius 1 is 0.941 bits per heavy atom. The van der Waals surface area contributed by atoms with Crippen molar-refractivity contribution in [3.05, 3.63) is 113 Å². The molecule has 5 rings (SSSR count). The fourth-order valence-corrected chi connectivity index (χ4v) is 4.69. The van der Waals surface area contributed by atoms with Gasteiger partial charge in [0.2, 0.25) is 0 Å². The average Bonchev–Trinajstić information content (AvgIpc) is 2.89. The maximum Gasteiger partial charge on any atom is 0.161 e. The van der Waals surface area contributed by atoms with Crippen LogP contribution in [0.4, 0.5) is 11.4 Å². The molecule has 2 aliphatic rings. The Kier molecular flexibility index (Phi) is 6.57. The van der Waals surface area contributed by atoms with Crippen LogP contribution in [0.25, 0.3) is 0 Å². The molecule has 0 bridgehead atoms. The zero-order valence-electron chi connectivity index (χ0n) is 19.8. The number of phenolic OH excluding ortho intramolecular Hbond substituents is 1. The number of ether oxygens (including phenoxy) is 1. The fourth-order valence-electron chi connectivity index (χ4n) is 4.69. The minimum atomic E-state index is 0.351. The summed E-state index contributed by atoms with van der Waals surface area (Å²) < 4.78 is 5.99. The summed E-state index contributed by atoms with van der Waals surface area (Å²) in [6.45, 7) is 5.26. The number of rotatable bonds is 7. The first-order valence-electron chi connectivity index (χ1n) is 12.2. The maximum atomic E-state index is 10.1. The molecule has 0 atom stereocenters. The molecule has 1 N–H and O–H groups in total. The van der Waals surface area contributed by atoms with Gasteiger partial charge in [0.1, 0.15) is 11.5 Å². The van der Waals surface area contributed by atoms with E-state index in [-0.39, 0.29) is 0 Å². The summed E-state index contributed by atoms with van der Waals surface area (Å²) >= 11 is 0. The zero-order chi connectivity index (χ0) is 23.3. The fraction of sp³-hybridized carbons (Fsp3) is 0.267. The number of aromatic hydroxyl groups is 1. The van der Waals surface area contributed by atoms with Gasteiger partial charge in [-0.3, -0.25) is 0 Å². The van der Waals surface area contributed by atoms with E-state index in [0.717, 1.165) is 37.9 Å². The molecule has 174 valence electrons. The minimum Gasteiger partial charge on any atom is -0.508 e. The largest absolute Gasteiger partial charge is 0.508 e. The standard InChI is InChI=1S/C30H32N2O2/c1-2-31(20-25-7-3-5-9-29(25)33)27-15-11-23(12-16-27)19-24-13-17-28(18-14-24)32-21-26-8-4-6-10-30(26)34-22-32/h3-5,7-9,11-18,33H,2,6,10,19-22H2,1H3. The third-order valence-electron chi connectivity index (χ3n) is 6.72. The van der Waals surface area contributed by atoms with Crippen LogP contribution in [0.5, 0.6) is 5.75 Å². The molecule has 1 aliphatic carbocycles. The molecule has 0 spiro atoms. The van der Waals surface area contributed by atoms with Gasteiger partial charge in [-0.2, -0.15) is 0 Å². The number of hydrogen-bond donors (Lipinski definition) is 1. The number of hydrogen-bond acceptors (Lipinski definition) is 4. The van der Waals surface area contributed by atoms with E-state index >= 15 is 0 Å². The van der Waals surface area contributed by atoms with Crippen LogP contribution in [0.2, 0.25) is 0 Å². The number of phenols is 1. The Hall–Kier alpha value is -3.66. The van der Waals surface area contributed by atoms with Crippen LogP contribution in [-0.4, -0.2) is 24.9 Å². The van der Waals surface area contributed by atoms with Crippen molar-refractivity contribution in [2.24, 2.45) is 0 Å². The monoisotopic (exact) mass is 452 g/mol. The van der Waals surface area contributed by atoms with Gasteiger partial charge < -0.3 is 19.6 Å². The summed E-state index contributed by atoms with van der Waals surface area (Å²) in [5.74, 6) is 1.52. The van der Waals surface area contributed by atoms with Gasteiger partial charge in [0, 0.05) is 48.6 Å². The Balaban J connectivity index is 1.21. The Bertz CT molecular complexity index is 1180. The lowest BCUT2D eigenvalue weighted by molar-refractivity contribution is 0.185. The van der Waals surface area contributed by atoms with Crippen LogP contribution >= 0.6 is 0 Å². The van der Waals surface area contributed by atoms with Crippen LogP contribution in [0, 0.1) is 0 Å². The van der Waals surface area contributed by atoms with E-state index in [0.29, 0.717) is 19.0 Å². The lowest BCUT2D eigenvalue weighted by atomic mass is 10.0. The molecule has 0 fully saturated rings. The summed E-state index contributed by atoms with van der Waals surface area (Å²) in [4.78, 5) is 4.56. The molecule has 4 nitrogen and oxygen atoms in total. The molecule has 3 aromatic carbocycles. The number of allylic oxidation sites excluding steroid dienone is 2. The second-order valence-electron chi connectivity index (χ2n) is 9.01. The van der Waals surface area contributed by atoms with Gasteiger partial charge in [-0.05, 0) is 61.2 Å². The van der Waals surface area contributed by atoms with Crippen molar-refractivity contribution in [2.45, 2.75) is 32.7 Å². The second-order valence-corrected chi connectivity index (χ2v) is 9.01. The number of benzene rings is 3. The molecule has 0 amide bonds. The van der Waals surface area contributed by atoms with E-state index in [1.165, 1.54) is 33.8 Å². The molecule has 0 saturated carbocycles.